The van der Waals surface area contributed by atoms with E-state index in [0.29, 0.717) is 45.4 Å². The normalized spacial score (nSPS) is 13.5. The number of benzene rings is 3. The van der Waals surface area contributed by atoms with Crippen LogP contribution in [0.4, 0.5) is 5.69 Å². The topological polar surface area (TPSA) is 126 Å². The van der Waals surface area contributed by atoms with Crippen LogP contribution in [0.5, 0.6) is 0 Å². The van der Waals surface area contributed by atoms with Crippen molar-refractivity contribution in [2.45, 2.75) is 32.1 Å². The number of nitrogen functional groups attached to an aromatic ring is 1. The summed E-state index contributed by atoms with van der Waals surface area (Å²) in [5.41, 5.74) is 9.33. The zero-order valence-electron chi connectivity index (χ0n) is 21.7. The van der Waals surface area contributed by atoms with Gasteiger partial charge in [0.15, 0.2) is 0 Å². The molecule has 3 aromatic carbocycles. The molecule has 2 amide bonds. The number of halogens is 1. The molecule has 1 saturated heterocycles. The van der Waals surface area contributed by atoms with Gasteiger partial charge in [0.05, 0.1) is 23.7 Å². The van der Waals surface area contributed by atoms with Gasteiger partial charge >= 0.3 is 5.97 Å². The number of nitrogens with zero attached hydrogens (tertiary/aromatic N) is 1. The van der Waals surface area contributed by atoms with E-state index in [1.165, 1.54) is 0 Å². The summed E-state index contributed by atoms with van der Waals surface area (Å²) in [6, 6.07) is 19.2. The predicted octanol–water partition coefficient (Wildman–Crippen LogP) is 5.11. The Morgan fingerprint density at radius 2 is 1.74 bits per heavy atom. The summed E-state index contributed by atoms with van der Waals surface area (Å²) in [4.78, 5) is 40.3. The summed E-state index contributed by atoms with van der Waals surface area (Å²) >= 11 is 3.50. The summed E-state index contributed by atoms with van der Waals surface area (Å²) in [5.74, 6) is -1.37. The van der Waals surface area contributed by atoms with Crippen molar-refractivity contribution in [3.05, 3.63) is 99.0 Å². The molecule has 0 spiro atoms. The smallest absolute Gasteiger partial charge is 0.338 e. The molecule has 1 fully saturated rings. The largest absolute Gasteiger partial charge is 0.462 e. The molecule has 0 aliphatic carbocycles. The van der Waals surface area contributed by atoms with Crippen LogP contribution in [0.3, 0.4) is 0 Å². The van der Waals surface area contributed by atoms with E-state index in [2.05, 4.69) is 21.2 Å². The van der Waals surface area contributed by atoms with Crippen LogP contribution in [0.25, 0.3) is 0 Å². The standard InChI is InChI=1S/C30H31BrN4O4/c1-2-39-30(38)20-10-8-19(9-11-20)16-25(21-6-5-7-22(17-21)27(32)33)28(36)34-23-12-13-24(26(31)18-23)29(37)35-14-3-4-15-35/h5-13,17-18,25H,2-4,14-16H2,1H3,(H3,32,33)(H,34,36). The molecular weight excluding hydrogens is 560 g/mol. The number of nitrogens with one attached hydrogen (secondary N) is 2. The van der Waals surface area contributed by atoms with Gasteiger partial charge in [0, 0.05) is 28.8 Å². The van der Waals surface area contributed by atoms with Crippen LogP contribution in [0.1, 0.15) is 63.1 Å². The SMILES string of the molecule is CCOC(=O)c1ccc(CC(C(=O)Nc2ccc(C(=O)N3CCCC3)c(Br)c2)c2cccc(C(=N)N)c2)cc1. The lowest BCUT2D eigenvalue weighted by Crippen LogP contribution is -2.28. The molecule has 3 aromatic rings. The number of carbonyl (C=O) groups excluding carboxylic acids is 3. The molecule has 0 saturated carbocycles. The van der Waals surface area contributed by atoms with Gasteiger partial charge in [-0.05, 0) is 89.6 Å². The van der Waals surface area contributed by atoms with Gasteiger partial charge < -0.3 is 20.7 Å². The lowest BCUT2D eigenvalue weighted by molar-refractivity contribution is -0.117. The van der Waals surface area contributed by atoms with Crippen molar-refractivity contribution in [1.82, 2.24) is 4.90 Å². The molecule has 9 heteroatoms. The van der Waals surface area contributed by atoms with Gasteiger partial charge in [-0.1, -0.05) is 30.3 Å². The molecule has 202 valence electrons. The number of carbonyl (C=O) groups is 3. The highest BCUT2D eigenvalue weighted by Gasteiger charge is 2.24. The quantitative estimate of drug-likeness (QED) is 0.181. The first-order chi connectivity index (χ1) is 18.8. The van der Waals surface area contributed by atoms with Crippen molar-refractivity contribution in [2.24, 2.45) is 5.73 Å². The van der Waals surface area contributed by atoms with E-state index in [0.717, 1.165) is 31.5 Å². The maximum atomic E-state index is 13.6. The highest BCUT2D eigenvalue weighted by Crippen LogP contribution is 2.28. The van der Waals surface area contributed by atoms with E-state index in [1.807, 2.05) is 11.0 Å². The number of amides is 2. The third-order valence-electron chi connectivity index (χ3n) is 6.68. The lowest BCUT2D eigenvalue weighted by Gasteiger charge is -2.20. The number of hydrogen-bond acceptors (Lipinski definition) is 5. The van der Waals surface area contributed by atoms with Crippen LogP contribution in [-0.4, -0.2) is 48.2 Å². The number of nitrogens with two attached hydrogens (primary N) is 1. The molecule has 0 bridgehead atoms. The van der Waals surface area contributed by atoms with E-state index in [4.69, 9.17) is 15.9 Å². The van der Waals surface area contributed by atoms with Crippen LogP contribution in [0.15, 0.2) is 71.2 Å². The zero-order valence-corrected chi connectivity index (χ0v) is 23.3. The second kappa shape index (κ2) is 12.7. The molecule has 0 aromatic heterocycles. The molecule has 1 aliphatic rings. The Kier molecular flexibility index (Phi) is 9.14. The van der Waals surface area contributed by atoms with E-state index < -0.39 is 11.9 Å². The number of hydrogen-bond donors (Lipinski definition) is 3. The molecule has 1 atom stereocenters. The minimum absolute atomic E-state index is 0.0255. The summed E-state index contributed by atoms with van der Waals surface area (Å²) < 4.78 is 5.67. The Morgan fingerprint density at radius 1 is 1.03 bits per heavy atom. The van der Waals surface area contributed by atoms with Crippen LogP contribution in [0, 0.1) is 5.41 Å². The van der Waals surface area contributed by atoms with E-state index >= 15 is 0 Å². The fourth-order valence-corrected chi connectivity index (χ4v) is 5.15. The van der Waals surface area contributed by atoms with E-state index in [9.17, 15) is 14.4 Å². The maximum Gasteiger partial charge on any atom is 0.338 e. The van der Waals surface area contributed by atoms with Crippen molar-refractivity contribution in [3.8, 4) is 0 Å². The average molecular weight is 592 g/mol. The van der Waals surface area contributed by atoms with Gasteiger partial charge in [0.1, 0.15) is 5.84 Å². The predicted molar refractivity (Wildman–Crippen MR) is 154 cm³/mol. The number of ether oxygens (including phenoxy) is 1. The molecule has 4 N–H and O–H groups in total. The first-order valence-electron chi connectivity index (χ1n) is 12.9. The fourth-order valence-electron chi connectivity index (χ4n) is 4.60. The van der Waals surface area contributed by atoms with Gasteiger partial charge in [-0.3, -0.25) is 15.0 Å². The van der Waals surface area contributed by atoms with Gasteiger partial charge in [0.2, 0.25) is 5.91 Å². The van der Waals surface area contributed by atoms with Crippen molar-refractivity contribution in [3.63, 3.8) is 0 Å². The molecule has 8 nitrogen and oxygen atoms in total. The van der Waals surface area contributed by atoms with Gasteiger partial charge in [-0.25, -0.2) is 4.79 Å². The van der Waals surface area contributed by atoms with Gasteiger partial charge in [0.25, 0.3) is 5.91 Å². The van der Waals surface area contributed by atoms with Crippen molar-refractivity contribution in [2.75, 3.05) is 25.0 Å². The van der Waals surface area contributed by atoms with Gasteiger partial charge in [-0.2, -0.15) is 0 Å². The lowest BCUT2D eigenvalue weighted by atomic mass is 9.89. The number of rotatable bonds is 9. The fraction of sp³-hybridized carbons (Fsp3) is 0.267. The molecule has 1 unspecified atom stereocenters. The Labute approximate surface area is 236 Å². The van der Waals surface area contributed by atoms with Crippen molar-refractivity contribution < 1.29 is 19.1 Å². The minimum Gasteiger partial charge on any atom is -0.462 e. The molecule has 4 rings (SSSR count). The number of esters is 1. The van der Waals surface area contributed by atoms with Crippen molar-refractivity contribution in [1.29, 1.82) is 5.41 Å². The number of amidine groups is 1. The molecule has 0 radical (unpaired) electrons. The summed E-state index contributed by atoms with van der Waals surface area (Å²) in [6.07, 6.45) is 2.37. The number of anilines is 1. The third-order valence-corrected chi connectivity index (χ3v) is 7.34. The first kappa shape index (κ1) is 28.0. The summed E-state index contributed by atoms with van der Waals surface area (Å²) in [5, 5.41) is 10.8. The first-order valence-corrected chi connectivity index (χ1v) is 13.7. The second-order valence-corrected chi connectivity index (χ2v) is 10.3. The van der Waals surface area contributed by atoms with Crippen molar-refractivity contribution >= 4 is 45.2 Å². The van der Waals surface area contributed by atoms with Crippen LogP contribution in [0.2, 0.25) is 0 Å². The average Bonchev–Trinajstić information content (AvgIpc) is 3.47. The third kappa shape index (κ3) is 6.92. The highest BCUT2D eigenvalue weighted by molar-refractivity contribution is 9.10. The maximum absolute atomic E-state index is 13.6. The van der Waals surface area contributed by atoms with Gasteiger partial charge in [-0.15, -0.1) is 0 Å². The van der Waals surface area contributed by atoms with E-state index in [1.54, 1.807) is 67.6 Å². The Balaban J connectivity index is 1.57. The minimum atomic E-state index is -0.609. The molecule has 39 heavy (non-hydrogen) atoms. The summed E-state index contributed by atoms with van der Waals surface area (Å²) in [7, 11) is 0. The molecule has 1 heterocycles. The highest BCUT2D eigenvalue weighted by atomic mass is 79.9. The molecule has 1 aliphatic heterocycles. The Morgan fingerprint density at radius 3 is 2.38 bits per heavy atom. The van der Waals surface area contributed by atoms with E-state index in [-0.39, 0.29) is 17.6 Å². The zero-order chi connectivity index (χ0) is 27.9. The van der Waals surface area contributed by atoms with Crippen LogP contribution < -0.4 is 11.1 Å². The van der Waals surface area contributed by atoms with Crippen LogP contribution in [-0.2, 0) is 16.0 Å². The Bertz CT molecular complexity index is 1380. The molecular formula is C30H31BrN4O4. The summed E-state index contributed by atoms with van der Waals surface area (Å²) in [6.45, 7) is 3.55. The van der Waals surface area contributed by atoms with Crippen LogP contribution >= 0.6 is 15.9 Å². The second-order valence-electron chi connectivity index (χ2n) is 9.40. The monoisotopic (exact) mass is 590 g/mol. The Hall–Kier alpha value is -3.98. The number of likely N-dealkylation sites (tertiary alicyclic amines) is 1.